The maximum absolute atomic E-state index is 14.6. The summed E-state index contributed by atoms with van der Waals surface area (Å²) in [6.07, 6.45) is 8.01. The summed E-state index contributed by atoms with van der Waals surface area (Å²) in [5.41, 5.74) is 3.72. The monoisotopic (exact) mass is 564 g/mol. The molecule has 2 amide bonds. The second-order valence-corrected chi connectivity index (χ2v) is 11.2. The molecule has 4 heterocycles. The van der Waals surface area contributed by atoms with Crippen molar-refractivity contribution in [2.24, 2.45) is 5.92 Å². The van der Waals surface area contributed by atoms with Gasteiger partial charge in [-0.1, -0.05) is 24.3 Å². The molecule has 0 radical (unpaired) electrons. The summed E-state index contributed by atoms with van der Waals surface area (Å²) in [6, 6.07) is 8.18. The number of likely N-dealkylation sites (tertiary alicyclic amines) is 2. The lowest BCUT2D eigenvalue weighted by atomic mass is 9.91. The molecule has 1 aliphatic carbocycles. The number of pyridine rings is 1. The summed E-state index contributed by atoms with van der Waals surface area (Å²) < 4.78 is 41.6. The van der Waals surface area contributed by atoms with Crippen molar-refractivity contribution in [2.45, 2.75) is 43.9 Å². The molecular weight excluding hydrogens is 533 g/mol. The van der Waals surface area contributed by atoms with Crippen LogP contribution in [-0.2, 0) is 4.79 Å². The molecule has 3 aliphatic rings. The molecule has 1 aromatic carbocycles. The molecule has 2 saturated heterocycles. The molecule has 8 nitrogen and oxygen atoms in total. The number of piperidine rings is 1. The number of aryl methyl sites for hydroxylation is 1. The number of alkyl halides is 3. The number of allylic oxidation sites excluding steroid dienone is 3. The molecule has 0 saturated carbocycles. The zero-order chi connectivity index (χ0) is 28.7. The van der Waals surface area contributed by atoms with Crippen LogP contribution in [0, 0.1) is 12.8 Å². The van der Waals surface area contributed by atoms with E-state index < -0.39 is 37.1 Å². The predicted octanol–water partition coefficient (Wildman–Crippen LogP) is 4.05. The summed E-state index contributed by atoms with van der Waals surface area (Å²) >= 11 is 0. The van der Waals surface area contributed by atoms with Crippen LogP contribution in [0.2, 0.25) is 0 Å². The van der Waals surface area contributed by atoms with E-state index in [0.717, 1.165) is 27.9 Å². The van der Waals surface area contributed by atoms with Crippen molar-refractivity contribution in [1.82, 2.24) is 30.3 Å². The van der Waals surface area contributed by atoms with Crippen molar-refractivity contribution in [3.63, 3.8) is 0 Å². The van der Waals surface area contributed by atoms with Crippen LogP contribution in [0.5, 0.6) is 0 Å². The Hall–Kier alpha value is -3.99. The largest absolute Gasteiger partial charge is 0.348 e. The third-order valence-corrected chi connectivity index (χ3v) is 8.07. The highest BCUT2D eigenvalue weighted by molar-refractivity contribution is 6.01. The van der Waals surface area contributed by atoms with Gasteiger partial charge in [-0.3, -0.25) is 24.6 Å². The van der Waals surface area contributed by atoms with E-state index in [4.69, 9.17) is 0 Å². The van der Waals surface area contributed by atoms with Crippen LogP contribution < -0.4 is 5.32 Å². The number of amides is 2. The molecule has 4 atom stereocenters. The fraction of sp³-hybridized carbons (Fsp3) is 0.400. The number of nitrogens with one attached hydrogen (secondary N) is 2. The topological polar surface area (TPSA) is 94.2 Å². The summed E-state index contributed by atoms with van der Waals surface area (Å²) in [5.74, 6) is -3.97. The molecule has 11 heteroatoms. The summed E-state index contributed by atoms with van der Waals surface area (Å²) in [4.78, 5) is 33.8. The van der Waals surface area contributed by atoms with E-state index in [-0.39, 0.29) is 24.4 Å². The molecule has 41 heavy (non-hydrogen) atoms. The van der Waals surface area contributed by atoms with Crippen molar-refractivity contribution >= 4 is 22.7 Å². The van der Waals surface area contributed by atoms with Crippen molar-refractivity contribution in [3.8, 4) is 11.3 Å². The highest BCUT2D eigenvalue weighted by atomic mass is 19.3. The number of hydrogen-bond donors (Lipinski definition) is 2. The van der Waals surface area contributed by atoms with Gasteiger partial charge in [-0.05, 0) is 50.1 Å². The Kier molecular flexibility index (Phi) is 7.14. The molecule has 6 rings (SSSR count). The van der Waals surface area contributed by atoms with Crippen molar-refractivity contribution in [2.75, 3.05) is 26.2 Å². The highest BCUT2D eigenvalue weighted by Gasteiger charge is 2.49. The van der Waals surface area contributed by atoms with E-state index in [1.165, 1.54) is 11.0 Å². The van der Waals surface area contributed by atoms with E-state index >= 15 is 0 Å². The van der Waals surface area contributed by atoms with Crippen LogP contribution in [0.4, 0.5) is 13.2 Å². The Morgan fingerprint density at radius 2 is 1.93 bits per heavy atom. The van der Waals surface area contributed by atoms with Gasteiger partial charge < -0.3 is 10.2 Å². The Morgan fingerprint density at radius 1 is 1.12 bits per heavy atom. The van der Waals surface area contributed by atoms with Crippen LogP contribution in [-0.4, -0.2) is 87.2 Å². The number of fused-ring (bicyclic) bond motifs is 1. The summed E-state index contributed by atoms with van der Waals surface area (Å²) in [7, 11) is 0. The van der Waals surface area contributed by atoms with E-state index in [2.05, 4.69) is 20.5 Å². The number of hydrogen-bond acceptors (Lipinski definition) is 5. The second kappa shape index (κ2) is 10.8. The zero-order valence-corrected chi connectivity index (χ0v) is 22.6. The minimum Gasteiger partial charge on any atom is -0.348 e. The number of rotatable bonds is 6. The molecule has 0 spiro atoms. The Balaban J connectivity index is 1.18. The van der Waals surface area contributed by atoms with Gasteiger partial charge in [-0.2, -0.15) is 5.10 Å². The number of H-pyrrole nitrogens is 1. The van der Waals surface area contributed by atoms with Crippen LogP contribution >= 0.6 is 0 Å². The first-order chi connectivity index (χ1) is 19.7. The lowest BCUT2D eigenvalue weighted by molar-refractivity contribution is -0.172. The van der Waals surface area contributed by atoms with Gasteiger partial charge in [0, 0.05) is 53.5 Å². The van der Waals surface area contributed by atoms with Crippen LogP contribution in [0.25, 0.3) is 22.2 Å². The van der Waals surface area contributed by atoms with Crippen LogP contribution in [0.15, 0.2) is 60.8 Å². The van der Waals surface area contributed by atoms with E-state index in [1.807, 2.05) is 30.0 Å². The Bertz CT molecular complexity index is 1530. The van der Waals surface area contributed by atoms with E-state index in [1.54, 1.807) is 36.6 Å². The minimum atomic E-state index is -2.86. The second-order valence-electron chi connectivity index (χ2n) is 11.2. The van der Waals surface area contributed by atoms with Gasteiger partial charge >= 0.3 is 0 Å². The van der Waals surface area contributed by atoms with Gasteiger partial charge in [-0.25, -0.2) is 13.2 Å². The van der Waals surface area contributed by atoms with Crippen molar-refractivity contribution in [1.29, 1.82) is 0 Å². The average molecular weight is 565 g/mol. The molecule has 2 aliphatic heterocycles. The average Bonchev–Trinajstić information content (AvgIpc) is 3.36. The SMILES string of the molecule is Cc1cc(-c2n[nH]c3ccc(C(=O)N[C@@H]4CCC(C(=O)N5CC(F)(F)C5)N(CC5C=CC=CC5F)C4)cc23)ccn1. The molecule has 0 bridgehead atoms. The van der Waals surface area contributed by atoms with Gasteiger partial charge in [0.1, 0.15) is 11.9 Å². The first-order valence-corrected chi connectivity index (χ1v) is 13.8. The number of carbonyl (C=O) groups is 2. The van der Waals surface area contributed by atoms with Gasteiger partial charge in [0.05, 0.1) is 24.6 Å². The number of halogens is 3. The van der Waals surface area contributed by atoms with Crippen molar-refractivity contribution < 1.29 is 22.8 Å². The predicted molar refractivity (Wildman–Crippen MR) is 148 cm³/mol. The molecule has 2 N–H and O–H groups in total. The Labute approximate surface area is 235 Å². The highest BCUT2D eigenvalue weighted by Crippen LogP contribution is 2.31. The van der Waals surface area contributed by atoms with Crippen LogP contribution in [0.3, 0.4) is 0 Å². The van der Waals surface area contributed by atoms with Gasteiger partial charge in [-0.15, -0.1) is 0 Å². The number of aromatic nitrogens is 3. The van der Waals surface area contributed by atoms with Gasteiger partial charge in [0.2, 0.25) is 5.91 Å². The van der Waals surface area contributed by atoms with Gasteiger partial charge in [0.15, 0.2) is 0 Å². The first kappa shape index (κ1) is 27.2. The standard InChI is InChI=1S/C30H31F3N6O2/c1-18-12-19(10-11-34-18)27-23-13-20(6-8-25(23)36-37-27)28(40)35-22-7-9-26(29(41)39-16-30(32,33)17-39)38(15-22)14-21-4-2-3-5-24(21)31/h2-6,8,10-13,21-22,24,26H,7,9,14-17H2,1H3,(H,35,40)(H,36,37)/t21?,22-,24?,26?/m1/s1. The van der Waals surface area contributed by atoms with Crippen molar-refractivity contribution in [3.05, 3.63) is 72.1 Å². The number of benzene rings is 1. The third-order valence-electron chi connectivity index (χ3n) is 8.07. The number of aromatic amines is 1. The molecular formula is C30H31F3N6O2. The molecule has 2 aromatic heterocycles. The fourth-order valence-electron chi connectivity index (χ4n) is 5.92. The maximum atomic E-state index is 14.6. The molecule has 3 unspecified atom stereocenters. The van der Waals surface area contributed by atoms with Crippen LogP contribution in [0.1, 0.15) is 28.9 Å². The molecule has 2 fully saturated rings. The van der Waals surface area contributed by atoms with Gasteiger partial charge in [0.25, 0.3) is 11.8 Å². The Morgan fingerprint density at radius 3 is 2.68 bits per heavy atom. The first-order valence-electron chi connectivity index (χ1n) is 13.8. The maximum Gasteiger partial charge on any atom is 0.282 e. The normalized spacial score (nSPS) is 25.7. The minimum absolute atomic E-state index is 0.241. The summed E-state index contributed by atoms with van der Waals surface area (Å²) in [5, 5.41) is 11.3. The number of nitrogens with zero attached hydrogens (tertiary/aromatic N) is 4. The van der Waals surface area contributed by atoms with E-state index in [0.29, 0.717) is 24.9 Å². The zero-order valence-electron chi connectivity index (χ0n) is 22.6. The smallest absolute Gasteiger partial charge is 0.282 e. The summed E-state index contributed by atoms with van der Waals surface area (Å²) in [6.45, 7) is 1.27. The third kappa shape index (κ3) is 5.63. The molecule has 3 aromatic rings. The molecule has 214 valence electrons. The lowest BCUT2D eigenvalue weighted by Gasteiger charge is -2.46. The number of carbonyl (C=O) groups excluding carboxylic acids is 2. The lowest BCUT2D eigenvalue weighted by Crippen LogP contribution is -2.65. The quantitative estimate of drug-likeness (QED) is 0.471. The van der Waals surface area contributed by atoms with E-state index in [9.17, 15) is 22.8 Å². The fourth-order valence-corrected chi connectivity index (χ4v) is 5.92.